The first-order valence-electron chi connectivity index (χ1n) is 7.88. The summed E-state index contributed by atoms with van der Waals surface area (Å²) >= 11 is 0. The standard InChI is InChI=1S/C16H21F4N3O/c17-14-4-2-1-3-13(14)5-7-21-15(24)22-9-12-6-8-23(10-12)11-16(18,19)20/h1-4,12H,5-11H2,(H2,21,22,24). The minimum Gasteiger partial charge on any atom is -0.338 e. The van der Waals surface area contributed by atoms with Gasteiger partial charge in [0.15, 0.2) is 0 Å². The number of hydrogen-bond acceptors (Lipinski definition) is 2. The Morgan fingerprint density at radius 3 is 2.71 bits per heavy atom. The predicted molar refractivity (Wildman–Crippen MR) is 82.1 cm³/mol. The van der Waals surface area contributed by atoms with Crippen molar-refractivity contribution in [1.82, 2.24) is 15.5 Å². The smallest absolute Gasteiger partial charge is 0.338 e. The lowest BCUT2D eigenvalue weighted by Gasteiger charge is -2.18. The van der Waals surface area contributed by atoms with E-state index in [2.05, 4.69) is 10.6 Å². The van der Waals surface area contributed by atoms with Crippen LogP contribution in [0.25, 0.3) is 0 Å². The van der Waals surface area contributed by atoms with Gasteiger partial charge in [-0.15, -0.1) is 0 Å². The summed E-state index contributed by atoms with van der Waals surface area (Å²) in [6, 6.07) is 5.96. The van der Waals surface area contributed by atoms with Gasteiger partial charge in [-0.25, -0.2) is 9.18 Å². The van der Waals surface area contributed by atoms with E-state index < -0.39 is 12.7 Å². The maximum absolute atomic E-state index is 13.4. The largest absolute Gasteiger partial charge is 0.401 e. The van der Waals surface area contributed by atoms with Crippen molar-refractivity contribution in [3.8, 4) is 0 Å². The third-order valence-electron chi connectivity index (χ3n) is 3.96. The minimum absolute atomic E-state index is 0.0182. The molecular formula is C16H21F4N3O. The molecule has 1 atom stereocenters. The summed E-state index contributed by atoms with van der Waals surface area (Å²) in [4.78, 5) is 13.0. The molecule has 1 saturated heterocycles. The molecule has 1 heterocycles. The highest BCUT2D eigenvalue weighted by molar-refractivity contribution is 5.73. The van der Waals surface area contributed by atoms with Gasteiger partial charge >= 0.3 is 12.2 Å². The van der Waals surface area contributed by atoms with E-state index in [4.69, 9.17) is 0 Å². The molecule has 8 heteroatoms. The van der Waals surface area contributed by atoms with Crippen molar-refractivity contribution in [2.24, 2.45) is 5.92 Å². The van der Waals surface area contributed by atoms with Gasteiger partial charge in [-0.3, -0.25) is 4.90 Å². The van der Waals surface area contributed by atoms with Crippen molar-refractivity contribution >= 4 is 6.03 Å². The Labute approximate surface area is 138 Å². The van der Waals surface area contributed by atoms with Crippen LogP contribution in [0.4, 0.5) is 22.4 Å². The number of urea groups is 1. The monoisotopic (exact) mass is 347 g/mol. The topological polar surface area (TPSA) is 44.4 Å². The number of carbonyl (C=O) groups is 1. The molecule has 2 rings (SSSR count). The van der Waals surface area contributed by atoms with Gasteiger partial charge < -0.3 is 10.6 Å². The predicted octanol–water partition coefficient (Wildman–Crippen LogP) is 2.55. The summed E-state index contributed by atoms with van der Waals surface area (Å²) in [6.07, 6.45) is -3.18. The summed E-state index contributed by atoms with van der Waals surface area (Å²) in [5.41, 5.74) is 0.524. The lowest BCUT2D eigenvalue weighted by Crippen LogP contribution is -2.40. The summed E-state index contributed by atoms with van der Waals surface area (Å²) < 4.78 is 50.3. The molecule has 1 aromatic carbocycles. The highest BCUT2D eigenvalue weighted by Crippen LogP contribution is 2.22. The molecule has 1 aromatic rings. The molecule has 1 aliphatic rings. The molecule has 0 aromatic heterocycles. The van der Waals surface area contributed by atoms with Crippen molar-refractivity contribution in [2.75, 3.05) is 32.7 Å². The van der Waals surface area contributed by atoms with E-state index in [1.54, 1.807) is 18.2 Å². The number of rotatable bonds is 6. The van der Waals surface area contributed by atoms with Crippen LogP contribution < -0.4 is 10.6 Å². The number of benzene rings is 1. The second-order valence-electron chi connectivity index (χ2n) is 5.98. The maximum atomic E-state index is 13.4. The molecule has 4 nitrogen and oxygen atoms in total. The molecule has 2 N–H and O–H groups in total. The average Bonchev–Trinajstić information content (AvgIpc) is 2.92. The lowest BCUT2D eigenvalue weighted by atomic mass is 10.1. The van der Waals surface area contributed by atoms with Crippen molar-refractivity contribution < 1.29 is 22.4 Å². The zero-order chi connectivity index (χ0) is 17.6. The van der Waals surface area contributed by atoms with Gasteiger partial charge in [0.1, 0.15) is 5.82 Å². The van der Waals surface area contributed by atoms with Gasteiger partial charge in [-0.2, -0.15) is 13.2 Å². The molecule has 2 amide bonds. The third-order valence-corrected chi connectivity index (χ3v) is 3.96. The van der Waals surface area contributed by atoms with Gasteiger partial charge in [-0.1, -0.05) is 18.2 Å². The van der Waals surface area contributed by atoms with Crippen LogP contribution >= 0.6 is 0 Å². The zero-order valence-corrected chi connectivity index (χ0v) is 13.2. The molecule has 1 unspecified atom stereocenters. The maximum Gasteiger partial charge on any atom is 0.401 e. The quantitative estimate of drug-likeness (QED) is 0.777. The van der Waals surface area contributed by atoms with Gasteiger partial charge in [0, 0.05) is 19.6 Å². The number of likely N-dealkylation sites (tertiary alicyclic amines) is 1. The fourth-order valence-corrected chi connectivity index (χ4v) is 2.79. The SMILES string of the molecule is O=C(NCCc1ccccc1F)NCC1CCN(CC(F)(F)F)C1. The number of nitrogens with zero attached hydrogens (tertiary/aromatic N) is 1. The molecule has 0 aliphatic carbocycles. The minimum atomic E-state index is -4.19. The van der Waals surface area contributed by atoms with Crippen LogP contribution in [0.15, 0.2) is 24.3 Å². The molecular weight excluding hydrogens is 326 g/mol. The highest BCUT2D eigenvalue weighted by atomic mass is 19.4. The molecule has 1 fully saturated rings. The average molecular weight is 347 g/mol. The molecule has 0 saturated carbocycles. The van der Waals surface area contributed by atoms with Crippen LogP contribution in [0.3, 0.4) is 0 Å². The normalized spacial score (nSPS) is 18.6. The Kier molecular flexibility index (Phi) is 6.42. The molecule has 0 radical (unpaired) electrons. The summed E-state index contributed by atoms with van der Waals surface area (Å²) in [6.45, 7) is 0.436. The van der Waals surface area contributed by atoms with Crippen LogP contribution in [0.1, 0.15) is 12.0 Å². The van der Waals surface area contributed by atoms with Crippen LogP contribution in [0.2, 0.25) is 0 Å². The second kappa shape index (κ2) is 8.32. The van der Waals surface area contributed by atoms with Crippen LogP contribution in [-0.2, 0) is 6.42 Å². The van der Waals surface area contributed by atoms with E-state index in [-0.39, 0.29) is 24.3 Å². The molecule has 0 spiro atoms. The molecule has 24 heavy (non-hydrogen) atoms. The Balaban J connectivity index is 1.61. The molecule has 1 aliphatic heterocycles. The third kappa shape index (κ3) is 6.35. The Morgan fingerprint density at radius 1 is 1.25 bits per heavy atom. The first-order chi connectivity index (χ1) is 11.3. The van der Waals surface area contributed by atoms with Gasteiger partial charge in [0.25, 0.3) is 0 Å². The number of amides is 2. The molecule has 0 bridgehead atoms. The van der Waals surface area contributed by atoms with Crippen LogP contribution in [-0.4, -0.2) is 49.8 Å². The zero-order valence-electron chi connectivity index (χ0n) is 13.2. The Bertz CT molecular complexity index is 550. The second-order valence-corrected chi connectivity index (χ2v) is 5.98. The van der Waals surface area contributed by atoms with Crippen LogP contribution in [0, 0.1) is 11.7 Å². The lowest BCUT2D eigenvalue weighted by molar-refractivity contribution is -0.143. The van der Waals surface area contributed by atoms with Crippen molar-refractivity contribution in [2.45, 2.75) is 19.0 Å². The molecule has 134 valence electrons. The van der Waals surface area contributed by atoms with Crippen LogP contribution in [0.5, 0.6) is 0 Å². The number of alkyl halides is 3. The van der Waals surface area contributed by atoms with Gasteiger partial charge in [0.2, 0.25) is 0 Å². The van der Waals surface area contributed by atoms with Gasteiger partial charge in [-0.05, 0) is 36.9 Å². The highest BCUT2D eigenvalue weighted by Gasteiger charge is 2.34. The fraction of sp³-hybridized carbons (Fsp3) is 0.562. The summed E-state index contributed by atoms with van der Waals surface area (Å²) in [5, 5.41) is 5.28. The fourth-order valence-electron chi connectivity index (χ4n) is 2.79. The van der Waals surface area contributed by atoms with E-state index in [9.17, 15) is 22.4 Å². The van der Waals surface area contributed by atoms with E-state index in [0.717, 1.165) is 0 Å². The van der Waals surface area contributed by atoms with E-state index in [0.29, 0.717) is 38.0 Å². The first-order valence-corrected chi connectivity index (χ1v) is 7.88. The van der Waals surface area contributed by atoms with Gasteiger partial charge in [0.05, 0.1) is 6.54 Å². The van der Waals surface area contributed by atoms with E-state index in [1.165, 1.54) is 11.0 Å². The summed E-state index contributed by atoms with van der Waals surface area (Å²) in [5.74, 6) is -0.292. The van der Waals surface area contributed by atoms with E-state index in [1.807, 2.05) is 0 Å². The number of nitrogens with one attached hydrogen (secondary N) is 2. The number of carbonyl (C=O) groups excluding carboxylic acids is 1. The Hall–Kier alpha value is -1.83. The van der Waals surface area contributed by atoms with E-state index >= 15 is 0 Å². The Morgan fingerprint density at radius 2 is 2.00 bits per heavy atom. The number of halogens is 4. The first kappa shape index (κ1) is 18.5. The van der Waals surface area contributed by atoms with Crippen molar-refractivity contribution in [1.29, 1.82) is 0 Å². The number of hydrogen-bond donors (Lipinski definition) is 2. The van der Waals surface area contributed by atoms with Crippen molar-refractivity contribution in [3.63, 3.8) is 0 Å². The summed E-state index contributed by atoms with van der Waals surface area (Å²) in [7, 11) is 0. The van der Waals surface area contributed by atoms with Crippen molar-refractivity contribution in [3.05, 3.63) is 35.6 Å².